The molecule has 0 aliphatic heterocycles. The van der Waals surface area contributed by atoms with Crippen LogP contribution in [0.3, 0.4) is 0 Å². The number of benzene rings is 3. The van der Waals surface area contributed by atoms with Crippen LogP contribution in [0.5, 0.6) is 0 Å². The topological polar surface area (TPSA) is 49.4 Å². The molecule has 1 saturated carbocycles. The number of amides is 2. The lowest BCUT2D eigenvalue weighted by Crippen LogP contribution is -2.29. The molecule has 0 atom stereocenters. The SMILES string of the molecule is Cc1cccc(CN(C(=O)C=Cc2ccccc2)c2ccc(CC(=O)NCC3CC3)cc2)c1. The largest absolute Gasteiger partial charge is 0.356 e. The lowest BCUT2D eigenvalue weighted by Gasteiger charge is -2.22. The van der Waals surface area contributed by atoms with Crippen LogP contribution in [0.25, 0.3) is 6.08 Å². The molecule has 0 heterocycles. The molecular weight excluding hydrogens is 408 g/mol. The second-order valence-corrected chi connectivity index (χ2v) is 8.75. The van der Waals surface area contributed by atoms with Gasteiger partial charge in [0.2, 0.25) is 5.91 Å². The Hall–Kier alpha value is -3.66. The van der Waals surface area contributed by atoms with Gasteiger partial charge in [0.25, 0.3) is 5.91 Å². The molecule has 168 valence electrons. The van der Waals surface area contributed by atoms with E-state index in [1.54, 1.807) is 11.0 Å². The third-order valence-electron chi connectivity index (χ3n) is 5.80. The van der Waals surface area contributed by atoms with Crippen molar-refractivity contribution in [3.05, 3.63) is 107 Å². The van der Waals surface area contributed by atoms with Gasteiger partial charge in [-0.3, -0.25) is 9.59 Å². The maximum Gasteiger partial charge on any atom is 0.251 e. The molecule has 3 aromatic carbocycles. The Morgan fingerprint density at radius 2 is 1.70 bits per heavy atom. The van der Waals surface area contributed by atoms with Gasteiger partial charge in [0, 0.05) is 18.3 Å². The summed E-state index contributed by atoms with van der Waals surface area (Å²) in [4.78, 5) is 27.1. The summed E-state index contributed by atoms with van der Waals surface area (Å²) >= 11 is 0. The van der Waals surface area contributed by atoms with E-state index in [-0.39, 0.29) is 11.8 Å². The number of carbonyl (C=O) groups is 2. The highest BCUT2D eigenvalue weighted by atomic mass is 16.2. The van der Waals surface area contributed by atoms with Gasteiger partial charge in [0.15, 0.2) is 0 Å². The maximum atomic E-state index is 13.2. The molecule has 0 bridgehead atoms. The standard InChI is InChI=1S/C29H30N2O2/c1-22-6-5-9-26(18-22)21-31(29(33)17-14-23-7-3-2-4-8-23)27-15-12-24(13-16-27)19-28(32)30-20-25-10-11-25/h2-9,12-18,25H,10-11,19-21H2,1H3,(H,30,32). The first-order valence-electron chi connectivity index (χ1n) is 11.5. The summed E-state index contributed by atoms with van der Waals surface area (Å²) in [5.74, 6) is 0.630. The number of nitrogens with one attached hydrogen (secondary N) is 1. The van der Waals surface area contributed by atoms with Crippen LogP contribution < -0.4 is 10.2 Å². The molecule has 3 aromatic rings. The predicted octanol–water partition coefficient (Wildman–Crippen LogP) is 5.31. The average molecular weight is 439 g/mol. The van der Waals surface area contributed by atoms with E-state index >= 15 is 0 Å². The summed E-state index contributed by atoms with van der Waals surface area (Å²) in [5.41, 5.74) is 4.96. The molecule has 0 aromatic heterocycles. The van der Waals surface area contributed by atoms with Crippen molar-refractivity contribution >= 4 is 23.6 Å². The molecule has 0 radical (unpaired) electrons. The van der Waals surface area contributed by atoms with Gasteiger partial charge in [0.1, 0.15) is 0 Å². The summed E-state index contributed by atoms with van der Waals surface area (Å²) in [5, 5.41) is 3.01. The highest BCUT2D eigenvalue weighted by Gasteiger charge is 2.21. The Morgan fingerprint density at radius 3 is 2.39 bits per heavy atom. The summed E-state index contributed by atoms with van der Waals surface area (Å²) in [6, 6.07) is 25.7. The van der Waals surface area contributed by atoms with Crippen molar-refractivity contribution in [2.45, 2.75) is 32.7 Å². The van der Waals surface area contributed by atoms with Crippen molar-refractivity contribution in [2.75, 3.05) is 11.4 Å². The molecular formula is C29H30N2O2. The van der Waals surface area contributed by atoms with Gasteiger partial charge >= 0.3 is 0 Å². The first-order valence-corrected chi connectivity index (χ1v) is 11.5. The zero-order valence-electron chi connectivity index (χ0n) is 19.0. The van der Waals surface area contributed by atoms with Crippen LogP contribution in [0, 0.1) is 12.8 Å². The molecule has 4 nitrogen and oxygen atoms in total. The molecule has 2 amide bonds. The lowest BCUT2D eigenvalue weighted by atomic mass is 10.1. The maximum absolute atomic E-state index is 13.2. The molecule has 4 heteroatoms. The van der Waals surface area contributed by atoms with Crippen LogP contribution in [0.2, 0.25) is 0 Å². The van der Waals surface area contributed by atoms with Crippen LogP contribution in [-0.4, -0.2) is 18.4 Å². The molecule has 0 saturated heterocycles. The van der Waals surface area contributed by atoms with Crippen LogP contribution in [0.4, 0.5) is 5.69 Å². The summed E-state index contributed by atoms with van der Waals surface area (Å²) in [7, 11) is 0. The van der Waals surface area contributed by atoms with Gasteiger partial charge in [-0.2, -0.15) is 0 Å². The Balaban J connectivity index is 1.49. The van der Waals surface area contributed by atoms with E-state index in [9.17, 15) is 9.59 Å². The molecule has 1 fully saturated rings. The number of carbonyl (C=O) groups excluding carboxylic acids is 2. The van der Waals surface area contributed by atoms with Crippen LogP contribution in [-0.2, 0) is 22.6 Å². The third kappa shape index (κ3) is 6.91. The van der Waals surface area contributed by atoms with E-state index in [1.807, 2.05) is 85.8 Å². The van der Waals surface area contributed by atoms with Gasteiger partial charge in [-0.1, -0.05) is 72.3 Å². The van der Waals surface area contributed by atoms with Crippen LogP contribution >= 0.6 is 0 Å². The van der Waals surface area contributed by atoms with E-state index in [0.29, 0.717) is 18.9 Å². The smallest absolute Gasteiger partial charge is 0.251 e. The van der Waals surface area contributed by atoms with Crippen molar-refractivity contribution in [3.8, 4) is 0 Å². The van der Waals surface area contributed by atoms with Crippen molar-refractivity contribution in [1.29, 1.82) is 0 Å². The summed E-state index contributed by atoms with van der Waals surface area (Å²) in [6.45, 7) is 3.30. The van der Waals surface area contributed by atoms with E-state index in [1.165, 1.54) is 12.8 Å². The number of hydrogen-bond donors (Lipinski definition) is 1. The summed E-state index contributed by atoms with van der Waals surface area (Å²) < 4.78 is 0. The molecule has 33 heavy (non-hydrogen) atoms. The highest BCUT2D eigenvalue weighted by molar-refractivity contribution is 6.03. The quantitative estimate of drug-likeness (QED) is 0.460. The number of nitrogens with zero attached hydrogens (tertiary/aromatic N) is 1. The van der Waals surface area contributed by atoms with Gasteiger partial charge in [-0.15, -0.1) is 0 Å². The number of rotatable bonds is 9. The van der Waals surface area contributed by atoms with Gasteiger partial charge in [-0.25, -0.2) is 0 Å². The fourth-order valence-corrected chi connectivity index (χ4v) is 3.73. The second kappa shape index (κ2) is 10.8. The predicted molar refractivity (Wildman–Crippen MR) is 134 cm³/mol. The highest BCUT2D eigenvalue weighted by Crippen LogP contribution is 2.27. The monoisotopic (exact) mass is 438 g/mol. The first kappa shape index (κ1) is 22.5. The fraction of sp³-hybridized carbons (Fsp3) is 0.241. The van der Waals surface area contributed by atoms with Gasteiger partial charge < -0.3 is 10.2 Å². The fourth-order valence-electron chi connectivity index (χ4n) is 3.73. The minimum Gasteiger partial charge on any atom is -0.356 e. The van der Waals surface area contributed by atoms with Crippen LogP contribution in [0.15, 0.2) is 84.9 Å². The van der Waals surface area contributed by atoms with Crippen molar-refractivity contribution in [2.24, 2.45) is 5.92 Å². The average Bonchev–Trinajstić information content (AvgIpc) is 3.66. The first-order chi connectivity index (χ1) is 16.1. The zero-order chi connectivity index (χ0) is 23.0. The zero-order valence-corrected chi connectivity index (χ0v) is 19.0. The van der Waals surface area contributed by atoms with Crippen molar-refractivity contribution < 1.29 is 9.59 Å². The van der Waals surface area contributed by atoms with Crippen LogP contribution in [0.1, 0.15) is 35.1 Å². The van der Waals surface area contributed by atoms with E-state index in [0.717, 1.165) is 34.5 Å². The number of anilines is 1. The molecule has 1 N–H and O–H groups in total. The minimum absolute atomic E-state index is 0.0492. The molecule has 0 unspecified atom stereocenters. The molecule has 1 aliphatic carbocycles. The van der Waals surface area contributed by atoms with Crippen molar-refractivity contribution in [1.82, 2.24) is 5.32 Å². The number of hydrogen-bond acceptors (Lipinski definition) is 2. The van der Waals surface area contributed by atoms with Gasteiger partial charge in [-0.05, 0) is 60.6 Å². The minimum atomic E-state index is -0.0877. The Kier molecular flexibility index (Phi) is 7.36. The Bertz CT molecular complexity index is 1120. The Morgan fingerprint density at radius 1 is 0.939 bits per heavy atom. The molecule has 0 spiro atoms. The van der Waals surface area contributed by atoms with E-state index < -0.39 is 0 Å². The normalized spacial score (nSPS) is 13.1. The Labute approximate surface area is 195 Å². The number of aryl methyl sites for hydroxylation is 1. The molecule has 1 aliphatic rings. The lowest BCUT2D eigenvalue weighted by molar-refractivity contribution is -0.120. The third-order valence-corrected chi connectivity index (χ3v) is 5.80. The summed E-state index contributed by atoms with van der Waals surface area (Å²) in [6.07, 6.45) is 6.25. The van der Waals surface area contributed by atoms with Gasteiger partial charge in [0.05, 0.1) is 13.0 Å². The van der Waals surface area contributed by atoms with E-state index in [2.05, 4.69) is 11.4 Å². The second-order valence-electron chi connectivity index (χ2n) is 8.75. The molecule has 4 rings (SSSR count). The van der Waals surface area contributed by atoms with E-state index in [4.69, 9.17) is 0 Å². The van der Waals surface area contributed by atoms with Crippen molar-refractivity contribution in [3.63, 3.8) is 0 Å².